The first kappa shape index (κ1) is 13.6. The summed E-state index contributed by atoms with van der Waals surface area (Å²) in [4.78, 5) is 1.28. The van der Waals surface area contributed by atoms with E-state index in [1.165, 1.54) is 4.88 Å². The van der Waals surface area contributed by atoms with E-state index in [4.69, 9.17) is 5.84 Å². The van der Waals surface area contributed by atoms with Crippen LogP contribution in [0.4, 0.5) is 0 Å². The minimum absolute atomic E-state index is 0.0600. The monoisotopic (exact) mass is 326 g/mol. The van der Waals surface area contributed by atoms with Crippen LogP contribution in [0.15, 0.2) is 22.0 Å². The number of nitrogens with two attached hydrogens (primary N) is 1. The molecule has 18 heavy (non-hydrogen) atoms. The number of hydrogen-bond donors (Lipinski definition) is 2. The fourth-order valence-corrected chi connectivity index (χ4v) is 3.34. The van der Waals surface area contributed by atoms with Crippen molar-refractivity contribution >= 4 is 27.3 Å². The van der Waals surface area contributed by atoms with Gasteiger partial charge in [-0.15, -0.1) is 11.3 Å². The molecule has 4 nitrogen and oxygen atoms in total. The van der Waals surface area contributed by atoms with Crippen LogP contribution >= 0.6 is 27.3 Å². The molecule has 0 amide bonds. The Morgan fingerprint density at radius 1 is 1.39 bits per heavy atom. The molecule has 2 aromatic rings. The van der Waals surface area contributed by atoms with Gasteiger partial charge in [-0.05, 0) is 47.5 Å². The minimum atomic E-state index is 0.0600. The molecule has 0 aliphatic carbocycles. The molecule has 0 fully saturated rings. The quantitative estimate of drug-likeness (QED) is 0.669. The number of aryl methyl sites for hydroxylation is 2. The molecule has 0 saturated heterocycles. The molecule has 3 N–H and O–H groups in total. The van der Waals surface area contributed by atoms with E-state index < -0.39 is 0 Å². The van der Waals surface area contributed by atoms with Crippen LogP contribution in [0.3, 0.4) is 0 Å². The Morgan fingerprint density at radius 3 is 2.78 bits per heavy atom. The molecular weight excluding hydrogens is 312 g/mol. The van der Waals surface area contributed by atoms with Crippen molar-refractivity contribution in [1.29, 1.82) is 0 Å². The fraction of sp³-hybridized carbons (Fsp3) is 0.333. The maximum atomic E-state index is 5.67. The average Bonchev–Trinajstić information content (AvgIpc) is 2.75. The summed E-state index contributed by atoms with van der Waals surface area (Å²) in [5.41, 5.74) is 5.80. The van der Waals surface area contributed by atoms with Crippen LogP contribution in [0.2, 0.25) is 0 Å². The number of hydrazine groups is 1. The Hall–Kier alpha value is -0.820. The van der Waals surface area contributed by atoms with E-state index in [1.807, 2.05) is 19.9 Å². The highest BCUT2D eigenvalue weighted by molar-refractivity contribution is 9.10. The van der Waals surface area contributed by atoms with Crippen LogP contribution in [0.1, 0.15) is 27.9 Å². The third kappa shape index (κ3) is 3.14. The first-order valence-corrected chi connectivity index (χ1v) is 7.27. The second kappa shape index (κ2) is 5.88. The van der Waals surface area contributed by atoms with Crippen molar-refractivity contribution in [2.45, 2.75) is 26.3 Å². The largest absolute Gasteiger partial charge is 0.271 e. The van der Waals surface area contributed by atoms with Gasteiger partial charge in [0.25, 0.3) is 0 Å². The second-order valence-electron chi connectivity index (χ2n) is 4.18. The summed E-state index contributed by atoms with van der Waals surface area (Å²) >= 11 is 5.18. The Kier molecular flexibility index (Phi) is 4.45. The van der Waals surface area contributed by atoms with Crippen LogP contribution in [0, 0.1) is 13.8 Å². The van der Waals surface area contributed by atoms with Crippen LogP contribution in [-0.2, 0) is 6.42 Å². The van der Waals surface area contributed by atoms with Gasteiger partial charge in [0.1, 0.15) is 0 Å². The molecule has 0 aromatic carbocycles. The molecule has 0 saturated carbocycles. The Morgan fingerprint density at radius 2 is 2.17 bits per heavy atom. The molecule has 0 aliphatic rings. The Labute approximate surface area is 119 Å². The number of nitrogens with zero attached hydrogens (tertiary/aromatic N) is 2. The first-order valence-electron chi connectivity index (χ1n) is 5.60. The molecule has 0 spiro atoms. The van der Waals surface area contributed by atoms with Gasteiger partial charge in [-0.25, -0.2) is 0 Å². The van der Waals surface area contributed by atoms with Crippen molar-refractivity contribution in [2.75, 3.05) is 0 Å². The number of hydrogen-bond acceptors (Lipinski definition) is 5. The maximum absolute atomic E-state index is 5.67. The van der Waals surface area contributed by atoms with Crippen molar-refractivity contribution in [3.05, 3.63) is 43.8 Å². The lowest BCUT2D eigenvalue weighted by Gasteiger charge is -2.17. The van der Waals surface area contributed by atoms with Crippen molar-refractivity contribution in [3.63, 3.8) is 0 Å². The zero-order valence-electron chi connectivity index (χ0n) is 10.3. The molecular formula is C12H15BrN4S. The van der Waals surface area contributed by atoms with Gasteiger partial charge in [0.2, 0.25) is 0 Å². The second-order valence-corrected chi connectivity index (χ2v) is 6.09. The van der Waals surface area contributed by atoms with Crippen LogP contribution < -0.4 is 11.3 Å². The van der Waals surface area contributed by atoms with Gasteiger partial charge in [0.15, 0.2) is 0 Å². The van der Waals surface area contributed by atoms with Gasteiger partial charge >= 0.3 is 0 Å². The predicted octanol–water partition coefficient (Wildman–Crippen LogP) is 2.66. The van der Waals surface area contributed by atoms with Crippen LogP contribution in [0.25, 0.3) is 0 Å². The van der Waals surface area contributed by atoms with Gasteiger partial charge in [-0.3, -0.25) is 11.3 Å². The minimum Gasteiger partial charge on any atom is -0.271 e. The third-order valence-corrected chi connectivity index (χ3v) is 4.46. The van der Waals surface area contributed by atoms with E-state index in [0.717, 1.165) is 27.8 Å². The summed E-state index contributed by atoms with van der Waals surface area (Å²) in [6, 6.07) is 4.21. The normalized spacial score (nSPS) is 12.7. The zero-order chi connectivity index (χ0) is 13.1. The first-order chi connectivity index (χ1) is 8.60. The number of thiophene rings is 1. The fourth-order valence-electron chi connectivity index (χ4n) is 1.84. The van der Waals surface area contributed by atoms with Gasteiger partial charge in [-0.1, -0.05) is 0 Å². The topological polar surface area (TPSA) is 63.8 Å². The van der Waals surface area contributed by atoms with E-state index in [1.54, 1.807) is 11.3 Å². The molecule has 6 heteroatoms. The molecule has 0 radical (unpaired) electrons. The van der Waals surface area contributed by atoms with Crippen molar-refractivity contribution in [1.82, 2.24) is 15.6 Å². The average molecular weight is 327 g/mol. The lowest BCUT2D eigenvalue weighted by molar-refractivity contribution is 0.547. The summed E-state index contributed by atoms with van der Waals surface area (Å²) in [7, 11) is 0. The standard InChI is InChI=1S/C12H15BrN4S/c1-7-3-11(8(2)17-16-7)12(15-14)5-10-4-9(13)6-18-10/h3-4,6,12,15H,5,14H2,1-2H3. The molecule has 0 bridgehead atoms. The summed E-state index contributed by atoms with van der Waals surface area (Å²) in [5.74, 6) is 5.67. The van der Waals surface area contributed by atoms with Gasteiger partial charge in [0.05, 0.1) is 17.4 Å². The summed E-state index contributed by atoms with van der Waals surface area (Å²) in [6.07, 6.45) is 0.846. The lowest BCUT2D eigenvalue weighted by Crippen LogP contribution is -2.30. The van der Waals surface area contributed by atoms with Crippen molar-refractivity contribution < 1.29 is 0 Å². The van der Waals surface area contributed by atoms with E-state index in [-0.39, 0.29) is 6.04 Å². The highest BCUT2D eigenvalue weighted by Gasteiger charge is 2.15. The zero-order valence-corrected chi connectivity index (χ0v) is 12.7. The SMILES string of the molecule is Cc1cc(C(Cc2cc(Br)cs2)NN)c(C)nn1. The maximum Gasteiger partial charge on any atom is 0.0648 e. The third-order valence-electron chi connectivity index (χ3n) is 2.74. The molecule has 96 valence electrons. The molecule has 2 rings (SSSR count). The van der Waals surface area contributed by atoms with Crippen LogP contribution in [-0.4, -0.2) is 10.2 Å². The molecule has 2 aromatic heterocycles. The van der Waals surface area contributed by atoms with E-state index in [0.29, 0.717) is 0 Å². The summed E-state index contributed by atoms with van der Waals surface area (Å²) in [5, 5.41) is 10.3. The van der Waals surface area contributed by atoms with Gasteiger partial charge in [0, 0.05) is 21.2 Å². The number of nitrogens with one attached hydrogen (secondary N) is 1. The Balaban J connectivity index is 2.25. The molecule has 0 aliphatic heterocycles. The number of aromatic nitrogens is 2. The van der Waals surface area contributed by atoms with Crippen molar-refractivity contribution in [2.24, 2.45) is 5.84 Å². The summed E-state index contributed by atoms with van der Waals surface area (Å²) in [6.45, 7) is 3.89. The smallest absolute Gasteiger partial charge is 0.0648 e. The van der Waals surface area contributed by atoms with Gasteiger partial charge in [-0.2, -0.15) is 10.2 Å². The summed E-state index contributed by atoms with van der Waals surface area (Å²) < 4.78 is 1.11. The Bertz CT molecular complexity index is 541. The number of halogens is 1. The highest BCUT2D eigenvalue weighted by Crippen LogP contribution is 2.26. The van der Waals surface area contributed by atoms with Crippen LogP contribution in [0.5, 0.6) is 0 Å². The molecule has 2 heterocycles. The highest BCUT2D eigenvalue weighted by atomic mass is 79.9. The van der Waals surface area contributed by atoms with Crippen molar-refractivity contribution in [3.8, 4) is 0 Å². The molecule has 1 unspecified atom stereocenters. The van der Waals surface area contributed by atoms with E-state index in [9.17, 15) is 0 Å². The van der Waals surface area contributed by atoms with E-state index in [2.05, 4.69) is 43.0 Å². The predicted molar refractivity (Wildman–Crippen MR) is 77.3 cm³/mol. The van der Waals surface area contributed by atoms with Gasteiger partial charge < -0.3 is 0 Å². The molecule has 1 atom stereocenters. The number of rotatable bonds is 4. The van der Waals surface area contributed by atoms with E-state index >= 15 is 0 Å². The lowest BCUT2D eigenvalue weighted by atomic mass is 10.0.